The second-order valence-corrected chi connectivity index (χ2v) is 3.77. The van der Waals surface area contributed by atoms with Gasteiger partial charge in [0.1, 0.15) is 0 Å². The lowest BCUT2D eigenvalue weighted by molar-refractivity contribution is -0.133. The maximum atomic E-state index is 11.7. The maximum Gasteiger partial charge on any atom is 0.242 e. The number of carbonyl (C=O) groups is 2. The molecular formula is C10H20ClN3O2. The number of rotatable bonds is 4. The van der Waals surface area contributed by atoms with Gasteiger partial charge in [-0.1, -0.05) is 6.92 Å². The van der Waals surface area contributed by atoms with Crippen LogP contribution in [-0.2, 0) is 9.59 Å². The fourth-order valence-corrected chi connectivity index (χ4v) is 1.94. The molecule has 0 aromatic rings. The van der Waals surface area contributed by atoms with Gasteiger partial charge < -0.3 is 16.0 Å². The predicted octanol–water partition coefficient (Wildman–Crippen LogP) is -0.116. The molecule has 1 fully saturated rings. The molecular weight excluding hydrogens is 230 g/mol. The van der Waals surface area contributed by atoms with Gasteiger partial charge in [0.25, 0.3) is 0 Å². The van der Waals surface area contributed by atoms with Gasteiger partial charge in [-0.15, -0.1) is 12.4 Å². The third kappa shape index (κ3) is 3.98. The van der Waals surface area contributed by atoms with Crippen LogP contribution in [0.4, 0.5) is 0 Å². The van der Waals surface area contributed by atoms with Gasteiger partial charge in [-0.05, 0) is 19.3 Å². The number of likely N-dealkylation sites (tertiary alicyclic amines) is 1. The van der Waals surface area contributed by atoms with Crippen LogP contribution in [0.15, 0.2) is 0 Å². The van der Waals surface area contributed by atoms with Crippen molar-refractivity contribution in [2.75, 3.05) is 19.6 Å². The topological polar surface area (TPSA) is 75.4 Å². The monoisotopic (exact) mass is 249 g/mol. The first-order chi connectivity index (χ1) is 7.19. The van der Waals surface area contributed by atoms with Crippen LogP contribution in [0.2, 0.25) is 0 Å². The third-order valence-electron chi connectivity index (χ3n) is 2.79. The first-order valence-corrected chi connectivity index (χ1v) is 5.45. The summed E-state index contributed by atoms with van der Waals surface area (Å²) in [6.45, 7) is 2.90. The molecule has 5 nitrogen and oxygen atoms in total. The van der Waals surface area contributed by atoms with Gasteiger partial charge in [-0.25, -0.2) is 0 Å². The summed E-state index contributed by atoms with van der Waals surface area (Å²) in [7, 11) is 0. The summed E-state index contributed by atoms with van der Waals surface area (Å²) in [5.41, 5.74) is 5.13. The lowest BCUT2D eigenvalue weighted by atomic mass is 10.2. The predicted molar refractivity (Wildman–Crippen MR) is 64.3 cm³/mol. The Morgan fingerprint density at radius 1 is 1.50 bits per heavy atom. The highest BCUT2D eigenvalue weighted by Crippen LogP contribution is 2.19. The summed E-state index contributed by atoms with van der Waals surface area (Å²) in [5.74, 6) is -0.281. The Bertz CT molecular complexity index is 248. The van der Waals surface area contributed by atoms with Crippen molar-refractivity contribution in [3.63, 3.8) is 0 Å². The van der Waals surface area contributed by atoms with E-state index in [0.29, 0.717) is 6.04 Å². The quantitative estimate of drug-likeness (QED) is 0.730. The molecule has 1 saturated heterocycles. The molecule has 6 heteroatoms. The van der Waals surface area contributed by atoms with E-state index in [1.54, 1.807) is 0 Å². The highest BCUT2D eigenvalue weighted by atomic mass is 35.5. The molecule has 1 aliphatic rings. The molecule has 0 bridgehead atoms. The summed E-state index contributed by atoms with van der Waals surface area (Å²) < 4.78 is 0. The van der Waals surface area contributed by atoms with E-state index in [1.807, 2.05) is 4.90 Å². The summed E-state index contributed by atoms with van der Waals surface area (Å²) in [4.78, 5) is 24.4. The number of amides is 2. The van der Waals surface area contributed by atoms with Crippen LogP contribution in [0.1, 0.15) is 26.2 Å². The normalized spacial score (nSPS) is 19.1. The minimum atomic E-state index is -0.282. The molecule has 1 heterocycles. The van der Waals surface area contributed by atoms with E-state index < -0.39 is 0 Å². The van der Waals surface area contributed by atoms with Gasteiger partial charge in [-0.2, -0.15) is 0 Å². The minimum Gasteiger partial charge on any atom is -0.346 e. The highest BCUT2D eigenvalue weighted by molar-refractivity contribution is 5.86. The number of hydrogen-bond donors (Lipinski definition) is 2. The Hall–Kier alpha value is -0.810. The van der Waals surface area contributed by atoms with E-state index in [1.165, 1.54) is 0 Å². The lowest BCUT2D eigenvalue weighted by Gasteiger charge is -2.23. The van der Waals surface area contributed by atoms with Crippen LogP contribution in [0.3, 0.4) is 0 Å². The fourth-order valence-electron chi connectivity index (χ4n) is 1.94. The number of nitrogens with two attached hydrogens (primary N) is 1. The maximum absolute atomic E-state index is 11.7. The number of nitrogens with zero attached hydrogens (tertiary/aromatic N) is 1. The van der Waals surface area contributed by atoms with Gasteiger partial charge in [-0.3, -0.25) is 9.59 Å². The Kier molecular flexibility index (Phi) is 7.08. The van der Waals surface area contributed by atoms with Crippen molar-refractivity contribution < 1.29 is 9.59 Å². The lowest BCUT2D eigenvalue weighted by Crippen LogP contribution is -2.43. The van der Waals surface area contributed by atoms with E-state index in [2.05, 4.69) is 12.2 Å². The average Bonchev–Trinajstić information content (AvgIpc) is 2.73. The standard InChI is InChI=1S/C10H19N3O2.ClH/c1-2-8-4-3-5-13(8)10(15)7-12-9(14)6-11;/h8H,2-7,11H2,1H3,(H,12,14);1H. The molecule has 1 unspecified atom stereocenters. The summed E-state index contributed by atoms with van der Waals surface area (Å²) in [6, 6.07) is 0.354. The van der Waals surface area contributed by atoms with Crippen molar-refractivity contribution >= 4 is 24.2 Å². The molecule has 1 rings (SSSR count). The SMILES string of the molecule is CCC1CCCN1C(=O)CNC(=O)CN.Cl. The Balaban J connectivity index is 0.00000225. The van der Waals surface area contributed by atoms with Crippen molar-refractivity contribution in [2.24, 2.45) is 5.73 Å². The average molecular weight is 250 g/mol. The summed E-state index contributed by atoms with van der Waals surface area (Å²) in [6.07, 6.45) is 3.12. The van der Waals surface area contributed by atoms with Gasteiger partial charge in [0.2, 0.25) is 11.8 Å². The molecule has 0 radical (unpaired) electrons. The van der Waals surface area contributed by atoms with Crippen molar-refractivity contribution in [1.29, 1.82) is 0 Å². The van der Waals surface area contributed by atoms with Crippen molar-refractivity contribution in [2.45, 2.75) is 32.2 Å². The second kappa shape index (κ2) is 7.46. The molecule has 0 saturated carbocycles. The van der Waals surface area contributed by atoms with Gasteiger partial charge >= 0.3 is 0 Å². The zero-order valence-corrected chi connectivity index (χ0v) is 10.4. The van der Waals surface area contributed by atoms with E-state index in [4.69, 9.17) is 5.73 Å². The minimum absolute atomic E-state index is 0. The first-order valence-electron chi connectivity index (χ1n) is 5.45. The molecule has 0 spiro atoms. The largest absolute Gasteiger partial charge is 0.346 e. The number of hydrogen-bond acceptors (Lipinski definition) is 3. The molecule has 3 N–H and O–H groups in total. The van der Waals surface area contributed by atoms with Crippen molar-refractivity contribution in [3.05, 3.63) is 0 Å². The molecule has 0 aromatic carbocycles. The molecule has 1 aliphatic heterocycles. The molecule has 94 valence electrons. The highest BCUT2D eigenvalue weighted by Gasteiger charge is 2.26. The van der Waals surface area contributed by atoms with E-state index in [0.717, 1.165) is 25.8 Å². The third-order valence-corrected chi connectivity index (χ3v) is 2.79. The molecule has 0 aromatic heterocycles. The van der Waals surface area contributed by atoms with Crippen LogP contribution in [0.25, 0.3) is 0 Å². The van der Waals surface area contributed by atoms with Crippen LogP contribution in [-0.4, -0.2) is 42.4 Å². The molecule has 2 amide bonds. The smallest absolute Gasteiger partial charge is 0.242 e. The van der Waals surface area contributed by atoms with Gasteiger partial charge in [0.05, 0.1) is 13.1 Å². The molecule has 0 aliphatic carbocycles. The molecule has 1 atom stereocenters. The van der Waals surface area contributed by atoms with Crippen LogP contribution >= 0.6 is 12.4 Å². The second-order valence-electron chi connectivity index (χ2n) is 3.77. The Labute approximate surface area is 102 Å². The fraction of sp³-hybridized carbons (Fsp3) is 0.800. The Morgan fingerprint density at radius 2 is 2.19 bits per heavy atom. The summed E-state index contributed by atoms with van der Waals surface area (Å²) in [5, 5.41) is 2.50. The van der Waals surface area contributed by atoms with E-state index >= 15 is 0 Å². The van der Waals surface area contributed by atoms with Gasteiger partial charge in [0, 0.05) is 12.6 Å². The number of carbonyl (C=O) groups excluding carboxylic acids is 2. The molecule has 16 heavy (non-hydrogen) atoms. The zero-order valence-electron chi connectivity index (χ0n) is 9.57. The number of halogens is 1. The van der Waals surface area contributed by atoms with Crippen molar-refractivity contribution in [1.82, 2.24) is 10.2 Å². The van der Waals surface area contributed by atoms with E-state index in [9.17, 15) is 9.59 Å². The van der Waals surface area contributed by atoms with E-state index in [-0.39, 0.29) is 37.3 Å². The summed E-state index contributed by atoms with van der Waals surface area (Å²) >= 11 is 0. The van der Waals surface area contributed by atoms with Crippen LogP contribution in [0.5, 0.6) is 0 Å². The van der Waals surface area contributed by atoms with Crippen molar-refractivity contribution in [3.8, 4) is 0 Å². The number of nitrogens with one attached hydrogen (secondary N) is 1. The van der Waals surface area contributed by atoms with Crippen LogP contribution < -0.4 is 11.1 Å². The first kappa shape index (κ1) is 15.2. The Morgan fingerprint density at radius 3 is 2.75 bits per heavy atom. The van der Waals surface area contributed by atoms with Gasteiger partial charge in [0.15, 0.2) is 0 Å². The zero-order chi connectivity index (χ0) is 11.3. The van der Waals surface area contributed by atoms with Crippen LogP contribution in [0, 0.1) is 0 Å².